The van der Waals surface area contributed by atoms with Crippen LogP contribution in [-0.2, 0) is 33.3 Å². The van der Waals surface area contributed by atoms with Gasteiger partial charge in [-0.15, -0.1) is 0 Å². The van der Waals surface area contributed by atoms with Crippen molar-refractivity contribution in [1.29, 1.82) is 0 Å². The second kappa shape index (κ2) is 16.2. The van der Waals surface area contributed by atoms with Crippen molar-refractivity contribution in [3.8, 4) is 0 Å². The molecule has 2 saturated heterocycles. The molecule has 7 N–H and O–H groups in total. The Morgan fingerprint density at radius 3 is 1.90 bits per heavy atom. The summed E-state index contributed by atoms with van der Waals surface area (Å²) in [5.74, 6) is -2.47. The summed E-state index contributed by atoms with van der Waals surface area (Å²) in [6, 6.07) is 0. The van der Waals surface area contributed by atoms with Crippen LogP contribution in [0.4, 0.5) is 0 Å². The van der Waals surface area contributed by atoms with Gasteiger partial charge < -0.3 is 64.9 Å². The molecule has 4 aliphatic rings. The van der Waals surface area contributed by atoms with Crippen LogP contribution in [0, 0.1) is 5.92 Å². The maximum atomic E-state index is 12.1. The molecule has 12 unspecified atom stereocenters. The molecule has 0 aromatic carbocycles. The van der Waals surface area contributed by atoms with E-state index in [1.165, 1.54) is 6.92 Å². The Bertz CT molecular complexity index is 879. The number of aliphatic carboxylic acids is 1. The number of carbonyl (C=O) groups is 2. The average Bonchev–Trinajstić information content (AvgIpc) is 2.94. The summed E-state index contributed by atoms with van der Waals surface area (Å²) in [5.41, 5.74) is 5.45. The minimum absolute atomic E-state index is 0. The summed E-state index contributed by atoms with van der Waals surface area (Å²) in [6.07, 6.45) is -10.4. The molecular formula is C27H44NNaO13. The van der Waals surface area contributed by atoms with E-state index in [-0.39, 0.29) is 41.9 Å². The summed E-state index contributed by atoms with van der Waals surface area (Å²) in [6.45, 7) is 1.53. The standard InChI is InChI=1S/C27H45NO13.Na/c1-12-17(29)18(30)19(31)26(37-12)39-14-9-5-6-10-15(14)40-27-21(33)22(20(32)23(41-27)24(28)34)38-16(25(35)36)11-13-7-3-2-4-8-13;/h12-23,26-27,29-33H,2-11H2,1H3,(H2,28,34)(H,35,36);/q;+1/p-1/t12?,14?,15?,16-,17?,18?,19?,20?,21?,22?,23?,26?,27?;/m0./s1. The maximum Gasteiger partial charge on any atom is 1.00 e. The van der Waals surface area contributed by atoms with E-state index < -0.39 is 91.6 Å². The van der Waals surface area contributed by atoms with Crippen molar-refractivity contribution < 1.29 is 93.5 Å². The third-order valence-electron chi connectivity index (χ3n) is 8.75. The molecule has 4 rings (SSSR count). The quantitative estimate of drug-likeness (QED) is 0.127. The van der Waals surface area contributed by atoms with E-state index in [0.29, 0.717) is 12.8 Å². The molecule has 14 nitrogen and oxygen atoms in total. The molecule has 1 amide bonds. The summed E-state index contributed by atoms with van der Waals surface area (Å²) >= 11 is 0. The van der Waals surface area contributed by atoms with Crippen LogP contribution in [0.25, 0.3) is 0 Å². The van der Waals surface area contributed by atoms with Gasteiger partial charge in [-0.2, -0.15) is 0 Å². The summed E-state index contributed by atoms with van der Waals surface area (Å²) in [5, 5.41) is 64.4. The van der Waals surface area contributed by atoms with Crippen molar-refractivity contribution in [2.45, 2.75) is 151 Å². The second-order valence-corrected chi connectivity index (χ2v) is 11.8. The van der Waals surface area contributed by atoms with Crippen molar-refractivity contribution in [3.63, 3.8) is 0 Å². The minimum Gasteiger partial charge on any atom is -0.547 e. The molecule has 4 fully saturated rings. The van der Waals surface area contributed by atoms with Gasteiger partial charge in [-0.1, -0.05) is 44.9 Å². The Hall–Kier alpha value is -0.460. The fourth-order valence-electron chi connectivity index (χ4n) is 6.31. The first-order valence-electron chi connectivity index (χ1n) is 14.7. The van der Waals surface area contributed by atoms with E-state index in [0.717, 1.165) is 44.9 Å². The van der Waals surface area contributed by atoms with E-state index in [4.69, 9.17) is 29.4 Å². The van der Waals surface area contributed by atoms with Crippen molar-refractivity contribution in [3.05, 3.63) is 0 Å². The van der Waals surface area contributed by atoms with E-state index in [1.807, 2.05) is 0 Å². The molecule has 0 aromatic rings. The summed E-state index contributed by atoms with van der Waals surface area (Å²) in [4.78, 5) is 24.1. The van der Waals surface area contributed by atoms with Crippen LogP contribution in [0.2, 0.25) is 0 Å². The zero-order chi connectivity index (χ0) is 29.8. The largest absolute Gasteiger partial charge is 1.00 e. The first-order chi connectivity index (χ1) is 19.5. The van der Waals surface area contributed by atoms with E-state index in [1.54, 1.807) is 0 Å². The zero-order valence-electron chi connectivity index (χ0n) is 24.2. The molecule has 0 aromatic heterocycles. The smallest absolute Gasteiger partial charge is 0.547 e. The number of aliphatic hydroxyl groups excluding tert-OH is 5. The monoisotopic (exact) mass is 613 g/mol. The normalized spacial score (nSPS) is 42.3. The number of hydrogen-bond donors (Lipinski definition) is 6. The fourth-order valence-corrected chi connectivity index (χ4v) is 6.31. The second-order valence-electron chi connectivity index (χ2n) is 11.8. The van der Waals surface area contributed by atoms with Gasteiger partial charge in [-0.3, -0.25) is 4.79 Å². The van der Waals surface area contributed by atoms with Gasteiger partial charge in [0.2, 0.25) is 5.91 Å². The van der Waals surface area contributed by atoms with Crippen LogP contribution in [0.3, 0.4) is 0 Å². The fraction of sp³-hybridized carbons (Fsp3) is 0.926. The Morgan fingerprint density at radius 2 is 1.36 bits per heavy atom. The van der Waals surface area contributed by atoms with Gasteiger partial charge in [0.1, 0.15) is 36.6 Å². The van der Waals surface area contributed by atoms with Crippen molar-refractivity contribution in [2.75, 3.05) is 0 Å². The predicted molar refractivity (Wildman–Crippen MR) is 135 cm³/mol. The first-order valence-corrected chi connectivity index (χ1v) is 14.7. The van der Waals surface area contributed by atoms with Crippen LogP contribution >= 0.6 is 0 Å². The molecule has 0 bridgehead atoms. The number of carboxylic acids is 1. The predicted octanol–water partition coefficient (Wildman–Crippen LogP) is -5.43. The van der Waals surface area contributed by atoms with Gasteiger partial charge in [0.05, 0.1) is 30.4 Å². The molecule has 2 saturated carbocycles. The van der Waals surface area contributed by atoms with Gasteiger partial charge in [0.25, 0.3) is 0 Å². The molecule has 13 atom stereocenters. The van der Waals surface area contributed by atoms with Crippen molar-refractivity contribution in [1.82, 2.24) is 0 Å². The number of carboxylic acid groups (broad SMARTS) is 1. The van der Waals surface area contributed by atoms with Crippen LogP contribution in [-0.4, -0.2) is 117 Å². The molecule has 0 spiro atoms. The molecule has 0 radical (unpaired) electrons. The number of amides is 1. The molecular weight excluding hydrogens is 569 g/mol. The van der Waals surface area contributed by atoms with Crippen LogP contribution in [0.5, 0.6) is 0 Å². The summed E-state index contributed by atoms with van der Waals surface area (Å²) < 4.78 is 28.8. The van der Waals surface area contributed by atoms with E-state index >= 15 is 0 Å². The van der Waals surface area contributed by atoms with Crippen LogP contribution in [0.15, 0.2) is 0 Å². The first kappa shape index (κ1) is 36.0. The van der Waals surface area contributed by atoms with Crippen molar-refractivity contribution >= 4 is 11.9 Å². The summed E-state index contributed by atoms with van der Waals surface area (Å²) in [7, 11) is 0. The Morgan fingerprint density at radius 1 is 0.810 bits per heavy atom. The van der Waals surface area contributed by atoms with Gasteiger partial charge in [0, 0.05) is 0 Å². The number of primary amides is 1. The van der Waals surface area contributed by atoms with Crippen molar-refractivity contribution in [2.24, 2.45) is 11.7 Å². The molecule has 236 valence electrons. The number of rotatable bonds is 10. The number of aliphatic hydroxyl groups is 5. The third-order valence-corrected chi connectivity index (χ3v) is 8.75. The average molecular weight is 614 g/mol. The van der Waals surface area contributed by atoms with Gasteiger partial charge >= 0.3 is 29.6 Å². The number of hydrogen-bond acceptors (Lipinski definition) is 13. The Balaban J connectivity index is 0.00000484. The van der Waals surface area contributed by atoms with Gasteiger partial charge in [-0.05, 0) is 32.1 Å². The SMILES string of the molecule is CC1OC(OC2CCCCC2OC2OC(C(N)=O)C(O)C(O[C@@H](CC3CCCCC3)C(=O)[O-])C2O)C(O)C(O)C1O.[Na+]. The van der Waals surface area contributed by atoms with Gasteiger partial charge in [0.15, 0.2) is 18.7 Å². The zero-order valence-corrected chi connectivity index (χ0v) is 26.2. The topological polar surface area (TPSA) is 231 Å². The molecule has 2 aliphatic heterocycles. The number of ether oxygens (including phenoxy) is 5. The van der Waals surface area contributed by atoms with Crippen LogP contribution in [0.1, 0.15) is 71.1 Å². The van der Waals surface area contributed by atoms with E-state index in [9.17, 15) is 40.2 Å². The minimum atomic E-state index is -1.77. The molecule has 2 heterocycles. The van der Waals surface area contributed by atoms with Crippen LogP contribution < -0.4 is 40.4 Å². The maximum absolute atomic E-state index is 12.1. The molecule has 2 aliphatic carbocycles. The van der Waals surface area contributed by atoms with Gasteiger partial charge in [-0.25, -0.2) is 0 Å². The number of nitrogens with two attached hydrogens (primary N) is 1. The Kier molecular flexibility index (Phi) is 13.9. The third kappa shape index (κ3) is 8.62. The van der Waals surface area contributed by atoms with E-state index in [2.05, 4.69) is 0 Å². The number of carbonyl (C=O) groups excluding carboxylic acids is 2. The Labute approximate surface area is 267 Å². The molecule has 15 heteroatoms. The molecule has 42 heavy (non-hydrogen) atoms.